The fraction of sp³-hybridized carbons (Fsp3) is 0.290. The maximum Gasteiger partial charge on any atom is 0.394 e. The number of nitrogens with one attached hydrogen (secondary N) is 2. The van der Waals surface area contributed by atoms with E-state index in [1.807, 2.05) is 0 Å². The molecular formula is C31H29F5N2O3. The maximum absolute atomic E-state index is 13.6. The van der Waals surface area contributed by atoms with Crippen LogP contribution in [0.2, 0.25) is 0 Å². The highest BCUT2D eigenvalue weighted by atomic mass is 19.4. The van der Waals surface area contributed by atoms with E-state index in [0.29, 0.717) is 33.3 Å². The van der Waals surface area contributed by atoms with Crippen LogP contribution in [-0.4, -0.2) is 38.1 Å². The van der Waals surface area contributed by atoms with E-state index in [1.165, 1.54) is 43.4 Å². The number of anilines is 1. The second-order valence-corrected chi connectivity index (χ2v) is 10.3. The van der Waals surface area contributed by atoms with Gasteiger partial charge >= 0.3 is 6.18 Å². The van der Waals surface area contributed by atoms with Crippen LogP contribution in [0.15, 0.2) is 65.1 Å². The second-order valence-electron chi connectivity index (χ2n) is 10.3. The number of hydrogen-bond acceptors (Lipinski definition) is 4. The fourth-order valence-corrected chi connectivity index (χ4v) is 4.44. The molecular weight excluding hydrogens is 543 g/mol. The first-order valence-electron chi connectivity index (χ1n) is 12.9. The minimum absolute atomic E-state index is 0.0975. The minimum Gasteiger partial charge on any atom is -0.455 e. The molecule has 5 nitrogen and oxygen atoms in total. The number of benzene rings is 3. The predicted octanol–water partition coefficient (Wildman–Crippen LogP) is 8.20. The van der Waals surface area contributed by atoms with Gasteiger partial charge in [-0.1, -0.05) is 32.0 Å². The van der Waals surface area contributed by atoms with E-state index < -0.39 is 42.2 Å². The third kappa shape index (κ3) is 6.26. The zero-order chi connectivity index (χ0) is 29.9. The van der Waals surface area contributed by atoms with E-state index in [1.54, 1.807) is 24.3 Å². The first kappa shape index (κ1) is 29.8. The Labute approximate surface area is 233 Å². The highest BCUT2D eigenvalue weighted by Crippen LogP contribution is 2.42. The summed E-state index contributed by atoms with van der Waals surface area (Å²) in [4.78, 5) is 25.9. The Kier molecular flexibility index (Phi) is 8.51. The van der Waals surface area contributed by atoms with Crippen molar-refractivity contribution in [1.29, 1.82) is 0 Å². The quantitative estimate of drug-likeness (QED) is 0.114. The Morgan fingerprint density at radius 3 is 2.29 bits per heavy atom. The van der Waals surface area contributed by atoms with Crippen molar-refractivity contribution in [2.24, 2.45) is 5.41 Å². The van der Waals surface area contributed by atoms with Gasteiger partial charge in [-0.2, -0.15) is 13.2 Å². The van der Waals surface area contributed by atoms with Crippen LogP contribution in [0.4, 0.5) is 27.6 Å². The van der Waals surface area contributed by atoms with Crippen molar-refractivity contribution >= 4 is 28.3 Å². The standard InChI is InChI=1S/C31H29F5N2O3/c1-30(2,31(34,35)36)17-25(39)20-7-4-6-19(14-20)22-15-23-26(16-24(22)38-13-5-12-32)41-28(27(23)29(40)37-3)18-8-10-21(33)11-9-18/h4,6-11,14-16,38H,5,12-13,17H2,1-3H3,(H,37,40). The van der Waals surface area contributed by atoms with Crippen LogP contribution in [0.3, 0.4) is 0 Å². The highest BCUT2D eigenvalue weighted by Gasteiger charge is 2.48. The van der Waals surface area contributed by atoms with E-state index in [4.69, 9.17) is 4.42 Å². The number of carbonyl (C=O) groups excluding carboxylic acids is 2. The Balaban J connectivity index is 1.87. The van der Waals surface area contributed by atoms with Gasteiger partial charge in [-0.25, -0.2) is 4.39 Å². The normalized spacial score (nSPS) is 12.0. The van der Waals surface area contributed by atoms with Crippen LogP contribution in [0, 0.1) is 11.2 Å². The largest absolute Gasteiger partial charge is 0.455 e. The van der Waals surface area contributed by atoms with Crippen molar-refractivity contribution in [3.05, 3.63) is 77.6 Å². The first-order chi connectivity index (χ1) is 19.4. The molecule has 0 saturated carbocycles. The number of furan rings is 1. The van der Waals surface area contributed by atoms with Gasteiger partial charge in [0, 0.05) is 53.8 Å². The van der Waals surface area contributed by atoms with Gasteiger partial charge in [0.25, 0.3) is 5.91 Å². The molecule has 0 bridgehead atoms. The molecule has 0 aliphatic rings. The van der Waals surface area contributed by atoms with Gasteiger partial charge in [-0.3, -0.25) is 14.0 Å². The molecule has 3 aromatic carbocycles. The lowest BCUT2D eigenvalue weighted by Gasteiger charge is -2.26. The third-order valence-corrected chi connectivity index (χ3v) is 6.88. The van der Waals surface area contributed by atoms with Crippen molar-refractivity contribution in [3.8, 4) is 22.5 Å². The molecule has 0 unspecified atom stereocenters. The van der Waals surface area contributed by atoms with Crippen LogP contribution in [0.1, 0.15) is 47.4 Å². The Hall–Kier alpha value is -4.21. The number of carbonyl (C=O) groups is 2. The smallest absolute Gasteiger partial charge is 0.394 e. The Bertz CT molecular complexity index is 1570. The number of rotatable bonds is 10. The Morgan fingerprint density at radius 1 is 0.951 bits per heavy atom. The van der Waals surface area contributed by atoms with E-state index in [9.17, 15) is 31.5 Å². The molecule has 216 valence electrons. The summed E-state index contributed by atoms with van der Waals surface area (Å²) in [7, 11) is 1.46. The third-order valence-electron chi connectivity index (χ3n) is 6.88. The number of alkyl halides is 4. The van der Waals surface area contributed by atoms with Crippen LogP contribution < -0.4 is 10.6 Å². The summed E-state index contributed by atoms with van der Waals surface area (Å²) in [5.74, 6) is -1.37. The summed E-state index contributed by atoms with van der Waals surface area (Å²) in [6, 6.07) is 15.0. The maximum atomic E-state index is 13.6. The lowest BCUT2D eigenvalue weighted by molar-refractivity contribution is -0.210. The van der Waals surface area contributed by atoms with Crippen LogP contribution in [0.5, 0.6) is 0 Å². The van der Waals surface area contributed by atoms with E-state index in [0.717, 1.165) is 13.8 Å². The lowest BCUT2D eigenvalue weighted by atomic mass is 9.84. The SMILES string of the molecule is CNC(=O)c1c(-c2ccc(F)cc2)oc2cc(NCCCF)c(-c3cccc(C(=O)CC(C)(C)C(F)(F)F)c3)cc12. The molecule has 1 amide bonds. The number of fused-ring (bicyclic) bond motifs is 1. The molecule has 0 aliphatic heterocycles. The monoisotopic (exact) mass is 572 g/mol. The number of ketones is 1. The van der Waals surface area contributed by atoms with E-state index >= 15 is 0 Å². The predicted molar refractivity (Wildman–Crippen MR) is 148 cm³/mol. The first-order valence-corrected chi connectivity index (χ1v) is 12.9. The van der Waals surface area contributed by atoms with Crippen molar-refractivity contribution in [2.75, 3.05) is 25.6 Å². The lowest BCUT2D eigenvalue weighted by Crippen LogP contribution is -2.34. The van der Waals surface area contributed by atoms with Gasteiger partial charge in [-0.15, -0.1) is 0 Å². The molecule has 41 heavy (non-hydrogen) atoms. The molecule has 0 spiro atoms. The molecule has 4 aromatic rings. The average molecular weight is 573 g/mol. The van der Waals surface area contributed by atoms with Crippen molar-refractivity contribution < 1.29 is 36.0 Å². The topological polar surface area (TPSA) is 71.3 Å². The summed E-state index contributed by atoms with van der Waals surface area (Å²) < 4.78 is 72.8. The molecule has 1 heterocycles. The fourth-order valence-electron chi connectivity index (χ4n) is 4.44. The van der Waals surface area contributed by atoms with Crippen LogP contribution >= 0.6 is 0 Å². The van der Waals surface area contributed by atoms with Gasteiger partial charge in [0.2, 0.25) is 0 Å². The van der Waals surface area contributed by atoms with Crippen molar-refractivity contribution in [1.82, 2.24) is 5.32 Å². The van der Waals surface area contributed by atoms with E-state index in [2.05, 4.69) is 10.6 Å². The van der Waals surface area contributed by atoms with Gasteiger partial charge in [0.15, 0.2) is 5.78 Å². The molecule has 0 saturated heterocycles. The summed E-state index contributed by atoms with van der Waals surface area (Å²) in [6.45, 7) is 1.67. The zero-order valence-electron chi connectivity index (χ0n) is 22.7. The number of Topliss-reactive ketones (excluding diaryl/α,β-unsaturated/α-hetero) is 1. The second kappa shape index (κ2) is 11.7. The molecule has 0 aliphatic carbocycles. The number of amides is 1. The summed E-state index contributed by atoms with van der Waals surface area (Å²) in [6.07, 6.45) is -5.08. The number of halogens is 5. The summed E-state index contributed by atoms with van der Waals surface area (Å²) >= 11 is 0. The highest BCUT2D eigenvalue weighted by molar-refractivity contribution is 6.13. The van der Waals surface area contributed by atoms with Gasteiger partial charge in [0.1, 0.15) is 17.2 Å². The van der Waals surface area contributed by atoms with Crippen LogP contribution in [0.25, 0.3) is 33.4 Å². The molecule has 0 atom stereocenters. The Morgan fingerprint density at radius 2 is 1.66 bits per heavy atom. The molecule has 2 N–H and O–H groups in total. The van der Waals surface area contributed by atoms with Gasteiger partial charge in [0.05, 0.1) is 17.7 Å². The summed E-state index contributed by atoms with van der Waals surface area (Å²) in [5.41, 5.74) is 0.409. The molecule has 10 heteroatoms. The van der Waals surface area contributed by atoms with Crippen LogP contribution in [-0.2, 0) is 0 Å². The average Bonchev–Trinajstić information content (AvgIpc) is 3.30. The van der Waals surface area contributed by atoms with Crippen molar-refractivity contribution in [3.63, 3.8) is 0 Å². The molecule has 4 rings (SSSR count). The van der Waals surface area contributed by atoms with E-state index in [-0.39, 0.29) is 29.9 Å². The number of hydrogen-bond donors (Lipinski definition) is 2. The molecule has 0 fully saturated rings. The molecule has 1 aromatic heterocycles. The zero-order valence-corrected chi connectivity index (χ0v) is 22.7. The van der Waals surface area contributed by atoms with Gasteiger partial charge < -0.3 is 15.1 Å². The minimum atomic E-state index is -4.56. The summed E-state index contributed by atoms with van der Waals surface area (Å²) in [5, 5.41) is 6.16. The molecule has 0 radical (unpaired) electrons. The van der Waals surface area contributed by atoms with Gasteiger partial charge in [-0.05, 0) is 48.4 Å². The van der Waals surface area contributed by atoms with Crippen molar-refractivity contribution in [2.45, 2.75) is 32.9 Å².